The van der Waals surface area contributed by atoms with Crippen molar-refractivity contribution in [2.75, 3.05) is 18.5 Å². The van der Waals surface area contributed by atoms with Crippen LogP contribution < -0.4 is 21.9 Å². The highest BCUT2D eigenvalue weighted by molar-refractivity contribution is 5.75. The van der Waals surface area contributed by atoms with Crippen LogP contribution in [0.15, 0.2) is 27.8 Å². The van der Waals surface area contributed by atoms with Crippen LogP contribution >= 0.6 is 0 Å². The normalized spacial score (nSPS) is 12.2. The fraction of sp³-hybridized carbons (Fsp3) is 0.476. The number of aryl methyl sites for hydroxylation is 3. The molecule has 11 nitrogen and oxygen atoms in total. The van der Waals surface area contributed by atoms with Crippen molar-refractivity contribution in [2.45, 2.75) is 39.4 Å². The van der Waals surface area contributed by atoms with Crippen LogP contribution in [-0.2, 0) is 27.2 Å². The van der Waals surface area contributed by atoms with Crippen LogP contribution in [0.5, 0.6) is 0 Å². The SMILES string of the molecule is CCn1c(N(C)CC(C)(C)N)nc2c1c(=O)n(Cc1ccc3c(c1)nnn3C)c(=O)n2C. The molecule has 0 aliphatic carbocycles. The van der Waals surface area contributed by atoms with E-state index in [0.29, 0.717) is 35.7 Å². The largest absolute Gasteiger partial charge is 0.343 e. The van der Waals surface area contributed by atoms with Gasteiger partial charge in [-0.3, -0.25) is 13.9 Å². The Morgan fingerprint density at radius 3 is 2.53 bits per heavy atom. The Morgan fingerprint density at radius 1 is 1.16 bits per heavy atom. The minimum Gasteiger partial charge on any atom is -0.343 e. The van der Waals surface area contributed by atoms with E-state index in [1.807, 2.05) is 62.5 Å². The molecule has 0 aliphatic rings. The highest BCUT2D eigenvalue weighted by atomic mass is 16.2. The Hall–Kier alpha value is -3.47. The van der Waals surface area contributed by atoms with Gasteiger partial charge in [0.25, 0.3) is 5.56 Å². The molecule has 4 rings (SSSR count). The summed E-state index contributed by atoms with van der Waals surface area (Å²) in [6.45, 7) is 7.00. The number of hydrogen-bond acceptors (Lipinski definition) is 7. The minimum atomic E-state index is -0.448. The fourth-order valence-corrected chi connectivity index (χ4v) is 4.14. The summed E-state index contributed by atoms with van der Waals surface area (Å²) in [6.07, 6.45) is 0. The van der Waals surface area contributed by atoms with E-state index in [1.165, 1.54) is 9.13 Å². The lowest BCUT2D eigenvalue weighted by molar-refractivity contribution is 0.512. The molecule has 0 atom stereocenters. The summed E-state index contributed by atoms with van der Waals surface area (Å²) in [7, 11) is 5.33. The molecule has 2 N–H and O–H groups in total. The Labute approximate surface area is 184 Å². The van der Waals surface area contributed by atoms with Crippen LogP contribution in [0.3, 0.4) is 0 Å². The lowest BCUT2D eigenvalue weighted by Gasteiger charge is -2.27. The highest BCUT2D eigenvalue weighted by Crippen LogP contribution is 2.20. The summed E-state index contributed by atoms with van der Waals surface area (Å²) < 4.78 is 6.18. The number of fused-ring (bicyclic) bond motifs is 2. The van der Waals surface area contributed by atoms with Crippen molar-refractivity contribution in [3.8, 4) is 0 Å². The lowest BCUT2D eigenvalue weighted by Crippen LogP contribution is -2.44. The monoisotopic (exact) mass is 439 g/mol. The molecule has 0 radical (unpaired) electrons. The molecule has 3 heterocycles. The first kappa shape index (κ1) is 21.8. The van der Waals surface area contributed by atoms with Gasteiger partial charge in [0, 0.05) is 39.8 Å². The molecule has 0 bridgehead atoms. The number of anilines is 1. The van der Waals surface area contributed by atoms with E-state index in [2.05, 4.69) is 15.3 Å². The van der Waals surface area contributed by atoms with Gasteiger partial charge in [-0.05, 0) is 38.5 Å². The van der Waals surface area contributed by atoms with Crippen molar-refractivity contribution in [1.82, 2.24) is 33.7 Å². The van der Waals surface area contributed by atoms with Crippen molar-refractivity contribution in [1.29, 1.82) is 0 Å². The van der Waals surface area contributed by atoms with Gasteiger partial charge in [-0.1, -0.05) is 11.3 Å². The number of likely N-dealkylation sites (N-methyl/N-ethyl adjacent to an activating group) is 1. The maximum atomic E-state index is 13.5. The van der Waals surface area contributed by atoms with Crippen molar-refractivity contribution in [3.63, 3.8) is 0 Å². The Balaban J connectivity index is 1.87. The van der Waals surface area contributed by atoms with Gasteiger partial charge in [0.15, 0.2) is 11.2 Å². The molecule has 0 fully saturated rings. The van der Waals surface area contributed by atoms with Gasteiger partial charge in [0.2, 0.25) is 5.95 Å². The van der Waals surface area contributed by atoms with Crippen LogP contribution in [0.2, 0.25) is 0 Å². The molecule has 11 heteroatoms. The standard InChI is InChI=1S/C21H29N9O2/c1-7-29-16-17(23-19(29)26(4)12-21(2,3)22)27(5)20(32)30(18(16)31)11-13-8-9-15-14(10-13)24-25-28(15)6/h8-10H,7,11-12,22H2,1-6H3. The second-order valence-electron chi connectivity index (χ2n) is 8.94. The maximum Gasteiger partial charge on any atom is 0.332 e. The van der Waals surface area contributed by atoms with E-state index in [0.717, 1.165) is 11.1 Å². The van der Waals surface area contributed by atoms with Gasteiger partial charge in [-0.25, -0.2) is 9.48 Å². The van der Waals surface area contributed by atoms with Gasteiger partial charge in [0.05, 0.1) is 12.1 Å². The molecule has 0 saturated carbocycles. The molecular weight excluding hydrogens is 410 g/mol. The number of hydrogen-bond donors (Lipinski definition) is 1. The van der Waals surface area contributed by atoms with Gasteiger partial charge in [-0.2, -0.15) is 4.98 Å². The predicted molar refractivity (Wildman–Crippen MR) is 124 cm³/mol. The van der Waals surface area contributed by atoms with Crippen LogP contribution in [0.1, 0.15) is 26.3 Å². The Kier molecular flexibility index (Phi) is 5.16. The second-order valence-corrected chi connectivity index (χ2v) is 8.94. The predicted octanol–water partition coefficient (Wildman–Crippen LogP) is 0.420. The van der Waals surface area contributed by atoms with Crippen LogP contribution in [-0.4, -0.2) is 52.8 Å². The summed E-state index contributed by atoms with van der Waals surface area (Å²) in [6, 6.07) is 5.61. The first-order chi connectivity index (χ1) is 15.0. The van der Waals surface area contributed by atoms with Crippen molar-refractivity contribution >= 4 is 28.1 Å². The minimum absolute atomic E-state index is 0.129. The molecule has 0 aliphatic heterocycles. The number of nitrogens with two attached hydrogens (primary N) is 1. The van der Waals surface area contributed by atoms with Gasteiger partial charge in [-0.15, -0.1) is 5.10 Å². The Morgan fingerprint density at radius 2 is 1.88 bits per heavy atom. The molecule has 0 unspecified atom stereocenters. The summed E-state index contributed by atoms with van der Waals surface area (Å²) in [4.78, 5) is 33.1. The Bertz CT molecular complexity index is 1430. The molecule has 32 heavy (non-hydrogen) atoms. The van der Waals surface area contributed by atoms with Gasteiger partial charge < -0.3 is 15.2 Å². The van der Waals surface area contributed by atoms with Crippen molar-refractivity contribution in [3.05, 3.63) is 44.6 Å². The lowest BCUT2D eigenvalue weighted by atomic mass is 10.1. The van der Waals surface area contributed by atoms with E-state index < -0.39 is 11.2 Å². The van der Waals surface area contributed by atoms with Crippen molar-refractivity contribution < 1.29 is 0 Å². The molecule has 0 amide bonds. The summed E-state index contributed by atoms with van der Waals surface area (Å²) in [5.41, 5.74) is 8.08. The zero-order chi connectivity index (χ0) is 23.4. The first-order valence-electron chi connectivity index (χ1n) is 10.5. The number of aromatic nitrogens is 7. The maximum absolute atomic E-state index is 13.5. The van der Waals surface area contributed by atoms with E-state index >= 15 is 0 Å². The third-order valence-corrected chi connectivity index (χ3v) is 5.53. The average Bonchev–Trinajstić information content (AvgIpc) is 3.29. The molecular formula is C21H29N9O2. The molecule has 1 aromatic carbocycles. The topological polar surface area (TPSA) is 122 Å². The number of imidazole rings is 1. The summed E-state index contributed by atoms with van der Waals surface area (Å²) >= 11 is 0. The number of benzene rings is 1. The quantitative estimate of drug-likeness (QED) is 0.462. The summed E-state index contributed by atoms with van der Waals surface area (Å²) in [5.74, 6) is 0.604. The molecule has 170 valence electrons. The third kappa shape index (κ3) is 3.58. The van der Waals surface area contributed by atoms with Crippen LogP contribution in [0.4, 0.5) is 5.95 Å². The molecule has 0 spiro atoms. The zero-order valence-corrected chi connectivity index (χ0v) is 19.3. The molecule has 4 aromatic rings. The number of rotatable bonds is 6. The first-order valence-corrected chi connectivity index (χ1v) is 10.5. The highest BCUT2D eigenvalue weighted by Gasteiger charge is 2.24. The van der Waals surface area contributed by atoms with Crippen molar-refractivity contribution in [2.24, 2.45) is 19.8 Å². The smallest absolute Gasteiger partial charge is 0.332 e. The van der Waals surface area contributed by atoms with E-state index in [9.17, 15) is 9.59 Å². The third-order valence-electron chi connectivity index (χ3n) is 5.53. The van der Waals surface area contributed by atoms with Crippen LogP contribution in [0.25, 0.3) is 22.2 Å². The van der Waals surface area contributed by atoms with Gasteiger partial charge >= 0.3 is 5.69 Å². The van der Waals surface area contributed by atoms with Gasteiger partial charge in [0.1, 0.15) is 5.52 Å². The average molecular weight is 440 g/mol. The van der Waals surface area contributed by atoms with Crippen LogP contribution in [0, 0.1) is 0 Å². The number of nitrogens with zero attached hydrogens (tertiary/aromatic N) is 8. The summed E-state index contributed by atoms with van der Waals surface area (Å²) in [5, 5.41) is 8.13. The fourth-order valence-electron chi connectivity index (χ4n) is 4.14. The zero-order valence-electron chi connectivity index (χ0n) is 19.3. The van der Waals surface area contributed by atoms with E-state index in [4.69, 9.17) is 5.73 Å². The molecule has 0 saturated heterocycles. The van der Waals surface area contributed by atoms with E-state index in [-0.39, 0.29) is 12.1 Å². The molecule has 3 aromatic heterocycles. The van der Waals surface area contributed by atoms with E-state index in [1.54, 1.807) is 11.7 Å². The second kappa shape index (κ2) is 7.59.